The molecule has 0 amide bonds. The Balaban J connectivity index is 1.80. The number of hydrogen-bond donors (Lipinski definition) is 1. The first kappa shape index (κ1) is 14.2. The first-order valence-electron chi connectivity index (χ1n) is 7.39. The van der Waals surface area contributed by atoms with Gasteiger partial charge < -0.3 is 5.32 Å². The van der Waals surface area contributed by atoms with E-state index in [-0.39, 0.29) is 5.82 Å². The molecular formula is C18H21FN2. The van der Waals surface area contributed by atoms with E-state index >= 15 is 0 Å². The quantitative estimate of drug-likeness (QED) is 0.928. The lowest BCUT2D eigenvalue weighted by Crippen LogP contribution is -2.39. The van der Waals surface area contributed by atoms with Gasteiger partial charge in [0, 0.05) is 24.2 Å². The van der Waals surface area contributed by atoms with Crippen LogP contribution in [0.1, 0.15) is 22.7 Å². The Kier molecular flexibility index (Phi) is 4.04. The van der Waals surface area contributed by atoms with Crippen LogP contribution in [0.2, 0.25) is 0 Å². The van der Waals surface area contributed by atoms with Crippen LogP contribution in [0.15, 0.2) is 48.5 Å². The van der Waals surface area contributed by atoms with E-state index in [9.17, 15) is 4.39 Å². The average Bonchev–Trinajstić information content (AvgIpc) is 2.88. The van der Waals surface area contributed by atoms with E-state index in [2.05, 4.69) is 41.5 Å². The zero-order valence-electron chi connectivity index (χ0n) is 12.5. The molecule has 1 N–H and O–H groups in total. The average molecular weight is 284 g/mol. The van der Waals surface area contributed by atoms with Crippen molar-refractivity contribution in [3.63, 3.8) is 0 Å². The standard InChI is InChI=1S/C18H21FN2/c1-20-18-15-9-5-3-7-13(15)11-17(18)21(2)12-14-8-4-6-10-16(14)19/h3-10,17-18,20H,11-12H2,1-2H3. The van der Waals surface area contributed by atoms with Crippen LogP contribution in [0.25, 0.3) is 0 Å². The largest absolute Gasteiger partial charge is 0.312 e. The summed E-state index contributed by atoms with van der Waals surface area (Å²) < 4.78 is 13.8. The van der Waals surface area contributed by atoms with Crippen molar-refractivity contribution >= 4 is 0 Å². The summed E-state index contributed by atoms with van der Waals surface area (Å²) in [6.07, 6.45) is 1.01. The molecule has 2 nitrogen and oxygen atoms in total. The van der Waals surface area contributed by atoms with Crippen molar-refractivity contribution in [1.82, 2.24) is 10.2 Å². The molecule has 110 valence electrons. The minimum absolute atomic E-state index is 0.124. The second-order valence-electron chi connectivity index (χ2n) is 5.74. The normalized spacial score (nSPS) is 20.8. The molecule has 0 aliphatic heterocycles. The van der Waals surface area contributed by atoms with Crippen molar-refractivity contribution in [2.75, 3.05) is 14.1 Å². The molecule has 0 aromatic heterocycles. The van der Waals surface area contributed by atoms with Crippen LogP contribution >= 0.6 is 0 Å². The topological polar surface area (TPSA) is 15.3 Å². The van der Waals surface area contributed by atoms with Crippen molar-refractivity contribution < 1.29 is 4.39 Å². The zero-order chi connectivity index (χ0) is 14.8. The van der Waals surface area contributed by atoms with Crippen LogP contribution in [0.3, 0.4) is 0 Å². The van der Waals surface area contributed by atoms with Gasteiger partial charge in [0.25, 0.3) is 0 Å². The maximum absolute atomic E-state index is 13.8. The fraction of sp³-hybridized carbons (Fsp3) is 0.333. The summed E-state index contributed by atoms with van der Waals surface area (Å²) in [5.74, 6) is -0.124. The van der Waals surface area contributed by atoms with Crippen LogP contribution in [0.5, 0.6) is 0 Å². The maximum Gasteiger partial charge on any atom is 0.127 e. The first-order chi connectivity index (χ1) is 10.2. The van der Waals surface area contributed by atoms with Gasteiger partial charge >= 0.3 is 0 Å². The van der Waals surface area contributed by atoms with Crippen molar-refractivity contribution in [3.8, 4) is 0 Å². The number of nitrogens with zero attached hydrogens (tertiary/aromatic N) is 1. The van der Waals surface area contributed by atoms with E-state index in [4.69, 9.17) is 0 Å². The van der Waals surface area contributed by atoms with Crippen LogP contribution in [-0.4, -0.2) is 25.0 Å². The summed E-state index contributed by atoms with van der Waals surface area (Å²) in [7, 11) is 4.07. The van der Waals surface area contributed by atoms with Gasteiger partial charge in [0.05, 0.1) is 0 Å². The lowest BCUT2D eigenvalue weighted by molar-refractivity contribution is 0.198. The molecular weight excluding hydrogens is 263 g/mol. The molecule has 0 radical (unpaired) electrons. The molecule has 3 heteroatoms. The molecule has 1 aliphatic rings. The molecule has 21 heavy (non-hydrogen) atoms. The van der Waals surface area contributed by atoms with Gasteiger partial charge in [-0.15, -0.1) is 0 Å². The number of benzene rings is 2. The van der Waals surface area contributed by atoms with Crippen molar-refractivity contribution in [3.05, 3.63) is 71.0 Å². The Bertz CT molecular complexity index is 626. The lowest BCUT2D eigenvalue weighted by atomic mass is 10.1. The molecule has 0 saturated carbocycles. The smallest absolute Gasteiger partial charge is 0.127 e. The Labute approximate surface area is 125 Å². The van der Waals surface area contributed by atoms with Gasteiger partial charge in [-0.2, -0.15) is 0 Å². The maximum atomic E-state index is 13.8. The molecule has 0 spiro atoms. The van der Waals surface area contributed by atoms with Crippen molar-refractivity contribution in [2.24, 2.45) is 0 Å². The second kappa shape index (κ2) is 5.96. The SMILES string of the molecule is CNC1c2ccccc2CC1N(C)Cc1ccccc1F. The predicted molar refractivity (Wildman–Crippen MR) is 83.6 cm³/mol. The van der Waals surface area contributed by atoms with E-state index in [1.165, 1.54) is 17.2 Å². The Morgan fingerprint density at radius 3 is 2.62 bits per heavy atom. The van der Waals surface area contributed by atoms with E-state index in [0.717, 1.165) is 12.0 Å². The highest BCUT2D eigenvalue weighted by Crippen LogP contribution is 2.34. The Hall–Kier alpha value is -1.71. The molecule has 2 unspecified atom stereocenters. The highest BCUT2D eigenvalue weighted by atomic mass is 19.1. The highest BCUT2D eigenvalue weighted by molar-refractivity contribution is 5.37. The number of likely N-dealkylation sites (N-methyl/N-ethyl adjacent to an activating group) is 2. The fourth-order valence-corrected chi connectivity index (χ4v) is 3.34. The summed E-state index contributed by atoms with van der Waals surface area (Å²) in [5, 5.41) is 3.42. The lowest BCUT2D eigenvalue weighted by Gasteiger charge is -2.30. The summed E-state index contributed by atoms with van der Waals surface area (Å²) >= 11 is 0. The summed E-state index contributed by atoms with van der Waals surface area (Å²) in [6, 6.07) is 16.2. The highest BCUT2D eigenvalue weighted by Gasteiger charge is 2.33. The van der Waals surface area contributed by atoms with Crippen molar-refractivity contribution in [1.29, 1.82) is 0 Å². The third kappa shape index (κ3) is 2.71. The molecule has 0 bridgehead atoms. The van der Waals surface area contributed by atoms with Crippen LogP contribution in [0.4, 0.5) is 4.39 Å². The summed E-state index contributed by atoms with van der Waals surface area (Å²) in [4.78, 5) is 2.25. The molecule has 0 fully saturated rings. The van der Waals surface area contributed by atoms with E-state index < -0.39 is 0 Å². The van der Waals surface area contributed by atoms with E-state index in [1.807, 2.05) is 19.2 Å². The molecule has 3 rings (SSSR count). The minimum atomic E-state index is -0.124. The molecule has 2 aromatic rings. The van der Waals surface area contributed by atoms with Gasteiger partial charge in [0.1, 0.15) is 5.82 Å². The number of fused-ring (bicyclic) bond motifs is 1. The Morgan fingerprint density at radius 2 is 1.86 bits per heavy atom. The molecule has 2 atom stereocenters. The fourth-order valence-electron chi connectivity index (χ4n) is 3.34. The van der Waals surface area contributed by atoms with E-state index in [0.29, 0.717) is 18.6 Å². The Morgan fingerprint density at radius 1 is 1.14 bits per heavy atom. The predicted octanol–water partition coefficient (Wildman–Crippen LogP) is 3.14. The number of rotatable bonds is 4. The van der Waals surface area contributed by atoms with Gasteiger partial charge in [-0.05, 0) is 37.7 Å². The molecule has 2 aromatic carbocycles. The minimum Gasteiger partial charge on any atom is -0.312 e. The number of nitrogens with one attached hydrogen (secondary N) is 1. The monoisotopic (exact) mass is 284 g/mol. The number of hydrogen-bond acceptors (Lipinski definition) is 2. The van der Waals surface area contributed by atoms with Gasteiger partial charge in [0.2, 0.25) is 0 Å². The van der Waals surface area contributed by atoms with Crippen molar-refractivity contribution in [2.45, 2.75) is 25.0 Å². The zero-order valence-corrected chi connectivity index (χ0v) is 12.5. The summed E-state index contributed by atoms with van der Waals surface area (Å²) in [5.41, 5.74) is 3.51. The van der Waals surface area contributed by atoms with E-state index in [1.54, 1.807) is 6.07 Å². The van der Waals surface area contributed by atoms with Crippen LogP contribution < -0.4 is 5.32 Å². The van der Waals surface area contributed by atoms with Crippen LogP contribution in [0, 0.1) is 5.82 Å². The van der Waals surface area contributed by atoms with Gasteiger partial charge in [-0.3, -0.25) is 4.90 Å². The first-order valence-corrected chi connectivity index (χ1v) is 7.39. The van der Waals surface area contributed by atoms with Gasteiger partial charge in [-0.25, -0.2) is 4.39 Å². The molecule has 0 saturated heterocycles. The second-order valence-corrected chi connectivity index (χ2v) is 5.74. The molecule has 1 aliphatic carbocycles. The van der Waals surface area contributed by atoms with Gasteiger partial charge in [-0.1, -0.05) is 42.5 Å². The number of halogens is 1. The van der Waals surface area contributed by atoms with Gasteiger partial charge in [0.15, 0.2) is 0 Å². The summed E-state index contributed by atoms with van der Waals surface area (Å²) in [6.45, 7) is 0.628. The third-order valence-corrected chi connectivity index (χ3v) is 4.46. The van der Waals surface area contributed by atoms with Crippen LogP contribution in [-0.2, 0) is 13.0 Å². The third-order valence-electron chi connectivity index (χ3n) is 4.46. The molecule has 0 heterocycles.